The number of anilines is 4. The van der Waals surface area contributed by atoms with Crippen molar-refractivity contribution >= 4 is 118 Å². The Morgan fingerprint density at radius 2 is 0.906 bits per heavy atom. The second-order valence-corrected chi connectivity index (χ2v) is 30.5. The predicted molar refractivity (Wildman–Crippen MR) is 450 cm³/mol. The monoisotopic (exact) mass is 1760 g/mol. The molecule has 127 heavy (non-hydrogen) atoms. The average molecular weight is 1760 g/mol. The van der Waals surface area contributed by atoms with E-state index in [9.17, 15) is 92.0 Å². The van der Waals surface area contributed by atoms with Gasteiger partial charge in [-0.3, -0.25) is 72.0 Å². The highest BCUT2D eigenvalue weighted by Crippen LogP contribution is 2.44. The fourth-order valence-electron chi connectivity index (χ4n) is 14.1. The molecule has 0 spiro atoms. The Morgan fingerprint density at radius 1 is 0.480 bits per heavy atom. The fraction of sp³-hybridized carbons (Fsp3) is 0.419. The number of amides is 14. The number of carbonyl (C=O) groups excluding carboxylic acids is 14. The van der Waals surface area contributed by atoms with E-state index >= 15 is 0 Å². The molecule has 2 saturated heterocycles. The van der Waals surface area contributed by atoms with Crippen LogP contribution >= 0.6 is 0 Å². The minimum absolute atomic E-state index is 0.0153. The standard InChI is InChI=1S/C86H102N14O27/c1-46-32-58-41-99-61-37-66(64(120-7)35-59(61)82(115)97(58)39-46)124-44-54-10-9-11-55(34-54)45-125-67-38-62-60(36-65(67)121-8)83(116)98-40-47(2)33-63(98)84(117)100(62)86(119)127-43-53-14-18-57(19-15-53)94-79(112)51(6)92-77(110)49(4)90-71(104)25-29-123-31-27-88-81(114)75(96-69(102)21-23-73(107)108)74(95-68(101)20-22-72(105)106)80(113)87-26-30-122-28-24-70(103)89-48(3)76(109)91-50(5)78(111)93-56-16-12-52(13-17-56)42-126-85(99)118/h9-19,34-38,48-51,58,63,74-75,84,117H,1-2,20-33,39-45H2,3-8H3,(H,87,113)(H,88,114)(H,89,103)(H,90,104)(H,91,109)(H,92,110)(H,93,111)(H,94,112)(H,95,101)(H,96,102)(H,105,106)(H,107,108)/t48?,49?,50?,51?,58-,63-,74?,75?,84-/m0/s1. The van der Waals surface area contributed by atoms with Crippen molar-refractivity contribution in [2.45, 2.75) is 160 Å². The van der Waals surface area contributed by atoms with E-state index in [4.69, 9.17) is 37.9 Å². The van der Waals surface area contributed by atoms with Gasteiger partial charge in [-0.15, -0.1) is 0 Å². The zero-order valence-corrected chi connectivity index (χ0v) is 70.6. The number of rotatable bonds is 10. The van der Waals surface area contributed by atoms with Gasteiger partial charge in [-0.2, -0.15) is 0 Å². The minimum atomic E-state index is -1.98. The summed E-state index contributed by atoms with van der Waals surface area (Å²) in [5.41, 5.74) is 4.39. The van der Waals surface area contributed by atoms with Crippen molar-refractivity contribution in [3.63, 3.8) is 0 Å². The lowest BCUT2D eigenvalue weighted by atomic mass is 10.0. The fourth-order valence-corrected chi connectivity index (χ4v) is 14.1. The molecule has 41 nitrogen and oxygen atoms in total. The predicted octanol–water partition coefficient (Wildman–Crippen LogP) is 2.69. The van der Waals surface area contributed by atoms with Crippen LogP contribution in [0.1, 0.15) is 122 Å². The number of nitrogens with one attached hydrogen (secondary N) is 10. The number of hydrogen-bond acceptors (Lipinski definition) is 25. The molecule has 2 fully saturated rings. The van der Waals surface area contributed by atoms with Crippen molar-refractivity contribution in [1.82, 2.24) is 52.3 Å². The van der Waals surface area contributed by atoms with E-state index in [1.54, 1.807) is 65.6 Å². The Kier molecular flexibility index (Phi) is 33.2. The van der Waals surface area contributed by atoms with Gasteiger partial charge in [0, 0.05) is 75.4 Å². The van der Waals surface area contributed by atoms with Crippen LogP contribution in [0, 0.1) is 0 Å². The summed E-state index contributed by atoms with van der Waals surface area (Å²) in [7, 11) is 2.78. The number of carboxylic acids is 2. The Bertz CT molecular complexity index is 5030. The summed E-state index contributed by atoms with van der Waals surface area (Å²) < 4.78 is 47.2. The molecule has 0 aliphatic carbocycles. The van der Waals surface area contributed by atoms with E-state index in [0.29, 0.717) is 39.9 Å². The first-order valence-corrected chi connectivity index (χ1v) is 40.7. The molecule has 0 saturated carbocycles. The van der Waals surface area contributed by atoms with Gasteiger partial charge in [0.2, 0.25) is 59.1 Å². The van der Waals surface area contributed by atoms with Crippen LogP contribution in [0.5, 0.6) is 23.0 Å². The molecular weight excluding hydrogens is 1660 g/mol. The lowest BCUT2D eigenvalue weighted by Crippen LogP contribution is -2.64. The summed E-state index contributed by atoms with van der Waals surface area (Å²) in [6.07, 6.45) is -6.40. The molecule has 7 aliphatic rings. The van der Waals surface area contributed by atoms with Gasteiger partial charge in [-0.25, -0.2) is 14.5 Å². The first kappa shape index (κ1) is 95.0. The third kappa shape index (κ3) is 26.0. The van der Waals surface area contributed by atoms with Crippen LogP contribution in [-0.4, -0.2) is 248 Å². The second kappa shape index (κ2) is 44.4. The van der Waals surface area contributed by atoms with Crippen LogP contribution < -0.4 is 81.9 Å². The first-order chi connectivity index (χ1) is 60.6. The van der Waals surface area contributed by atoms with Gasteiger partial charge in [0.1, 0.15) is 62.7 Å². The van der Waals surface area contributed by atoms with E-state index in [2.05, 4.69) is 66.3 Å². The Balaban J connectivity index is 0.843. The number of methoxy groups -OCH3 is 2. The van der Waals surface area contributed by atoms with Gasteiger partial charge in [-0.1, -0.05) is 66.8 Å². The highest BCUT2D eigenvalue weighted by molar-refractivity contribution is 6.08. The maximum atomic E-state index is 14.5. The van der Waals surface area contributed by atoms with Gasteiger partial charge in [0.15, 0.2) is 29.2 Å². The Morgan fingerprint density at radius 3 is 1.38 bits per heavy atom. The van der Waals surface area contributed by atoms with Gasteiger partial charge in [0.25, 0.3) is 11.8 Å². The maximum Gasteiger partial charge on any atom is 0.416 e. The number of benzene rings is 5. The number of carbonyl (C=O) groups is 16. The second-order valence-electron chi connectivity index (χ2n) is 30.5. The van der Waals surface area contributed by atoms with Crippen LogP contribution in [0.4, 0.5) is 32.3 Å². The van der Waals surface area contributed by atoms with Crippen molar-refractivity contribution in [1.29, 1.82) is 0 Å². The zero-order chi connectivity index (χ0) is 91.9. The number of aliphatic carboxylic acids is 2. The van der Waals surface area contributed by atoms with Crippen LogP contribution in [0.15, 0.2) is 121 Å². The zero-order valence-electron chi connectivity index (χ0n) is 70.6. The first-order valence-electron chi connectivity index (χ1n) is 40.7. The van der Waals surface area contributed by atoms with Gasteiger partial charge >= 0.3 is 24.1 Å². The SMILES string of the molecule is C=C1C[C@H]2CN3C(=O)OCc4ccc(cc4)NC(=O)C(C)NC(=O)C(C)NC(=O)CCOCCNC(=O)C(NC(=O)CCC(=O)O)C(NC(=O)CCC(=O)O)C(=O)NCCOCCC(=O)NC(C)C(=O)NC(C)C(=O)Nc4ccc(cc4)COC(=O)N4c5cc(c(OC)cc5C(=O)N5CC(=C)C[C@H]5[C@@H]4O)OCc4cccc(c4)COc4cc3c(cc4OC)C(=O)N2C1. The largest absolute Gasteiger partial charge is 0.493 e. The highest BCUT2D eigenvalue weighted by Gasteiger charge is 2.47. The van der Waals surface area contributed by atoms with Crippen LogP contribution in [-0.2, 0) is 103 Å². The summed E-state index contributed by atoms with van der Waals surface area (Å²) in [6, 6.07) is 15.4. The molecule has 6 unspecified atom stereocenters. The maximum absolute atomic E-state index is 14.5. The molecule has 0 radical (unpaired) electrons. The highest BCUT2D eigenvalue weighted by atomic mass is 16.6. The summed E-state index contributed by atoms with van der Waals surface area (Å²) >= 11 is 0. The van der Waals surface area contributed by atoms with E-state index < -0.39 is 169 Å². The summed E-state index contributed by atoms with van der Waals surface area (Å²) in [6.45, 7) is 11.4. The lowest BCUT2D eigenvalue weighted by Gasteiger charge is -2.31. The van der Waals surface area contributed by atoms with Gasteiger partial charge < -0.3 is 116 Å². The number of nitrogens with zero attached hydrogens (tertiary/aromatic N) is 4. The minimum Gasteiger partial charge on any atom is -0.493 e. The van der Waals surface area contributed by atoms with Crippen molar-refractivity contribution in [3.05, 3.63) is 155 Å². The molecule has 7 heterocycles. The lowest BCUT2D eigenvalue weighted by molar-refractivity contribution is -0.140. The van der Waals surface area contributed by atoms with E-state index in [1.165, 1.54) is 88.1 Å². The Hall–Kier alpha value is -14.2. The number of aliphatic hydroxyl groups is 1. The van der Waals surface area contributed by atoms with Crippen molar-refractivity contribution in [2.75, 3.05) is 93.8 Å². The molecule has 14 amide bonds. The molecule has 10 bridgehead atoms. The van der Waals surface area contributed by atoms with Gasteiger partial charge in [0.05, 0.1) is 94.6 Å². The van der Waals surface area contributed by atoms with Crippen LogP contribution in [0.25, 0.3) is 0 Å². The molecule has 678 valence electrons. The van der Waals surface area contributed by atoms with Crippen molar-refractivity contribution in [2.24, 2.45) is 0 Å². The molecule has 41 heteroatoms. The molecule has 12 rings (SSSR count). The van der Waals surface area contributed by atoms with E-state index in [1.807, 2.05) is 0 Å². The Labute approximate surface area is 728 Å². The van der Waals surface area contributed by atoms with Crippen molar-refractivity contribution in [3.8, 4) is 23.0 Å². The molecule has 7 aliphatic heterocycles. The van der Waals surface area contributed by atoms with Gasteiger partial charge in [-0.05, 0) is 105 Å². The van der Waals surface area contributed by atoms with Crippen LogP contribution in [0.2, 0.25) is 0 Å². The number of carboxylic acid groups (broad SMARTS) is 2. The van der Waals surface area contributed by atoms with Crippen LogP contribution in [0.3, 0.4) is 0 Å². The summed E-state index contributed by atoms with van der Waals surface area (Å²) in [5.74, 6) is -11.6. The average Bonchev–Trinajstić information content (AvgIpc) is 1.60. The third-order valence-electron chi connectivity index (χ3n) is 20.9. The van der Waals surface area contributed by atoms with Crippen molar-refractivity contribution < 1.29 is 130 Å². The smallest absolute Gasteiger partial charge is 0.416 e. The molecule has 5 aromatic rings. The molecule has 9 atom stereocenters. The molecule has 0 aromatic heterocycles. The number of ether oxygens (including phenoxy) is 8. The molecule has 5 aromatic carbocycles. The summed E-state index contributed by atoms with van der Waals surface area (Å²) in [4.78, 5) is 219. The van der Waals surface area contributed by atoms with E-state index in [-0.39, 0.29) is 162 Å². The summed E-state index contributed by atoms with van der Waals surface area (Å²) in [5, 5.41) is 55.4. The normalized spacial score (nSPS) is 22.5. The molecular formula is C86H102N14O27. The van der Waals surface area contributed by atoms with E-state index in [0.717, 1.165) is 10.5 Å². The third-order valence-corrected chi connectivity index (χ3v) is 20.9. The number of hydrogen-bond donors (Lipinski definition) is 13. The number of fused-ring (bicyclic) bond motifs is 4. The number of aliphatic hydroxyl groups excluding tert-OH is 1. The topological polar surface area (TPSA) is 541 Å². The molecule has 13 N–H and O–H groups in total. The quantitative estimate of drug-likeness (QED) is 0.0894.